The van der Waals surface area contributed by atoms with Crippen LogP contribution in [0.5, 0.6) is 5.75 Å². The summed E-state index contributed by atoms with van der Waals surface area (Å²) < 4.78 is 44.0. The van der Waals surface area contributed by atoms with E-state index in [1.165, 1.54) is 12.1 Å². The topological polar surface area (TPSA) is 33.3 Å². The first-order valence-corrected chi connectivity index (χ1v) is 8.61. The lowest BCUT2D eigenvalue weighted by atomic mass is 10.0. The molecule has 26 heavy (non-hydrogen) atoms. The van der Waals surface area contributed by atoms with Gasteiger partial charge in [0.25, 0.3) is 0 Å². The summed E-state index contributed by atoms with van der Waals surface area (Å²) in [5.41, 5.74) is 0.294. The van der Waals surface area contributed by atoms with Crippen LogP contribution < -0.4 is 15.4 Å². The zero-order chi connectivity index (χ0) is 19.3. The first-order valence-electron chi connectivity index (χ1n) is 7.82. The van der Waals surface area contributed by atoms with Crippen molar-refractivity contribution < 1.29 is 17.9 Å². The van der Waals surface area contributed by atoms with E-state index < -0.39 is 11.7 Å². The summed E-state index contributed by atoms with van der Waals surface area (Å²) in [6, 6.07) is 11.0. The summed E-state index contributed by atoms with van der Waals surface area (Å²) in [4.78, 5) is 0. The normalized spacial score (nSPS) is 12.4. The molecule has 0 fully saturated rings. The maximum absolute atomic E-state index is 12.9. The van der Waals surface area contributed by atoms with Crippen LogP contribution in [0.4, 0.5) is 18.9 Å². The highest BCUT2D eigenvalue weighted by molar-refractivity contribution is 7.80. The number of thiocarbonyl (C=S) groups is 1. The summed E-state index contributed by atoms with van der Waals surface area (Å²) >= 11 is 10.9. The lowest BCUT2D eigenvalue weighted by Gasteiger charge is -2.21. The van der Waals surface area contributed by atoms with Crippen molar-refractivity contribution in [1.82, 2.24) is 5.32 Å². The van der Waals surface area contributed by atoms with Crippen molar-refractivity contribution in [3.63, 3.8) is 0 Å². The lowest BCUT2D eigenvalue weighted by Crippen LogP contribution is -2.32. The average molecular weight is 403 g/mol. The Bertz CT molecular complexity index is 766. The minimum Gasteiger partial charge on any atom is -0.497 e. The minimum absolute atomic E-state index is 0.0877. The second kappa shape index (κ2) is 8.60. The van der Waals surface area contributed by atoms with Gasteiger partial charge >= 0.3 is 6.18 Å². The van der Waals surface area contributed by atoms with Gasteiger partial charge in [-0.05, 0) is 54.5 Å². The van der Waals surface area contributed by atoms with Gasteiger partial charge in [-0.1, -0.05) is 30.7 Å². The van der Waals surface area contributed by atoms with E-state index in [4.69, 9.17) is 28.6 Å². The Labute approximate surface area is 160 Å². The Hall–Kier alpha value is -1.99. The Balaban J connectivity index is 2.09. The lowest BCUT2D eigenvalue weighted by molar-refractivity contribution is -0.137. The quantitative estimate of drug-likeness (QED) is 0.619. The second-order valence-electron chi connectivity index (χ2n) is 5.52. The van der Waals surface area contributed by atoms with Crippen molar-refractivity contribution in [2.24, 2.45) is 0 Å². The van der Waals surface area contributed by atoms with Crippen molar-refractivity contribution >= 4 is 34.6 Å². The molecule has 0 aliphatic heterocycles. The molecule has 2 rings (SSSR count). The predicted octanol–water partition coefficient (Wildman–Crippen LogP) is 5.81. The van der Waals surface area contributed by atoms with E-state index in [0.29, 0.717) is 0 Å². The molecule has 2 aromatic carbocycles. The fourth-order valence-corrected chi connectivity index (χ4v) is 2.89. The number of alkyl halides is 3. The predicted molar refractivity (Wildman–Crippen MR) is 102 cm³/mol. The fraction of sp³-hybridized carbons (Fsp3) is 0.278. The molecule has 3 nitrogen and oxygen atoms in total. The number of methoxy groups -OCH3 is 1. The summed E-state index contributed by atoms with van der Waals surface area (Å²) in [7, 11) is 1.59. The first-order chi connectivity index (χ1) is 12.2. The van der Waals surface area contributed by atoms with Gasteiger partial charge in [0.05, 0.1) is 23.7 Å². The fourth-order valence-electron chi connectivity index (χ4n) is 2.40. The van der Waals surface area contributed by atoms with Crippen molar-refractivity contribution in [1.29, 1.82) is 0 Å². The molecule has 0 aromatic heterocycles. The highest BCUT2D eigenvalue weighted by Crippen LogP contribution is 2.36. The molecule has 2 aromatic rings. The number of hydrogen-bond donors (Lipinski definition) is 2. The number of anilines is 1. The molecule has 0 spiro atoms. The van der Waals surface area contributed by atoms with Gasteiger partial charge in [0.2, 0.25) is 0 Å². The van der Waals surface area contributed by atoms with Gasteiger partial charge < -0.3 is 15.4 Å². The molecule has 8 heteroatoms. The molecule has 0 radical (unpaired) electrons. The molecule has 0 bridgehead atoms. The van der Waals surface area contributed by atoms with Crippen LogP contribution in [0.1, 0.15) is 30.5 Å². The van der Waals surface area contributed by atoms with Crippen LogP contribution >= 0.6 is 23.8 Å². The minimum atomic E-state index is -4.53. The van der Waals surface area contributed by atoms with E-state index in [9.17, 15) is 13.2 Å². The van der Waals surface area contributed by atoms with Gasteiger partial charge in [0, 0.05) is 5.69 Å². The molecule has 0 saturated carbocycles. The van der Waals surface area contributed by atoms with Crippen LogP contribution in [0.25, 0.3) is 0 Å². The largest absolute Gasteiger partial charge is 0.497 e. The van der Waals surface area contributed by atoms with E-state index >= 15 is 0 Å². The van der Waals surface area contributed by atoms with Crippen LogP contribution in [0.3, 0.4) is 0 Å². The summed E-state index contributed by atoms with van der Waals surface area (Å²) in [5, 5.41) is 5.75. The second-order valence-corrected chi connectivity index (χ2v) is 6.34. The molecule has 0 amide bonds. The molecule has 0 aliphatic rings. The molecule has 0 unspecified atom stereocenters. The smallest absolute Gasteiger partial charge is 0.417 e. The summed E-state index contributed by atoms with van der Waals surface area (Å²) in [6.45, 7) is 1.98. The van der Waals surface area contributed by atoms with Crippen LogP contribution in [0.2, 0.25) is 5.02 Å². The SMILES string of the molecule is CC[C@H](NC(=S)Nc1ccc(Cl)c(C(F)(F)F)c1)c1ccc(OC)cc1. The maximum atomic E-state index is 12.9. The monoisotopic (exact) mass is 402 g/mol. The summed E-state index contributed by atoms with van der Waals surface area (Å²) in [6.07, 6.45) is -3.79. The Kier molecular flexibility index (Phi) is 6.72. The average Bonchev–Trinajstić information content (AvgIpc) is 2.60. The number of rotatable bonds is 5. The molecule has 0 heterocycles. The highest BCUT2D eigenvalue weighted by atomic mass is 35.5. The third kappa shape index (κ3) is 5.25. The molecule has 140 valence electrons. The number of nitrogens with one attached hydrogen (secondary N) is 2. The Morgan fingerprint density at radius 3 is 2.38 bits per heavy atom. The molecule has 0 aliphatic carbocycles. The van der Waals surface area contributed by atoms with E-state index in [1.807, 2.05) is 31.2 Å². The van der Waals surface area contributed by atoms with Gasteiger partial charge in [0.15, 0.2) is 5.11 Å². The molecule has 2 N–H and O–H groups in total. The number of halogens is 4. The molecule has 1 atom stereocenters. The maximum Gasteiger partial charge on any atom is 0.417 e. The molecular formula is C18H18ClF3N2OS. The van der Waals surface area contributed by atoms with E-state index in [1.54, 1.807) is 7.11 Å². The van der Waals surface area contributed by atoms with Crippen molar-refractivity contribution in [2.45, 2.75) is 25.6 Å². The van der Waals surface area contributed by atoms with Crippen molar-refractivity contribution in [3.05, 3.63) is 58.6 Å². The van der Waals surface area contributed by atoms with Gasteiger partial charge in [-0.25, -0.2) is 0 Å². The van der Waals surface area contributed by atoms with Crippen molar-refractivity contribution in [2.75, 3.05) is 12.4 Å². The van der Waals surface area contributed by atoms with Crippen LogP contribution in [-0.2, 0) is 6.18 Å². The molecule has 0 saturated heterocycles. The third-order valence-electron chi connectivity index (χ3n) is 3.76. The third-order valence-corrected chi connectivity index (χ3v) is 4.31. The Morgan fingerprint density at radius 1 is 1.19 bits per heavy atom. The van der Waals surface area contributed by atoms with Gasteiger partial charge in [0.1, 0.15) is 5.75 Å². The van der Waals surface area contributed by atoms with Gasteiger partial charge in [-0.15, -0.1) is 0 Å². The van der Waals surface area contributed by atoms with Crippen molar-refractivity contribution in [3.8, 4) is 5.75 Å². The van der Waals surface area contributed by atoms with Crippen LogP contribution in [0.15, 0.2) is 42.5 Å². The standard InChI is InChI=1S/C18H18ClF3N2OS/c1-3-16(11-4-7-13(25-2)8-5-11)24-17(26)23-12-6-9-15(19)14(10-12)18(20,21)22/h4-10,16H,3H2,1-2H3,(H2,23,24,26)/t16-/m0/s1. The number of benzene rings is 2. The zero-order valence-corrected chi connectivity index (χ0v) is 15.7. The molecular weight excluding hydrogens is 385 g/mol. The van der Waals surface area contributed by atoms with Gasteiger partial charge in [-0.2, -0.15) is 13.2 Å². The first kappa shape index (κ1) is 20.3. The number of ether oxygens (including phenoxy) is 1. The summed E-state index contributed by atoms with van der Waals surface area (Å²) in [5.74, 6) is 0.741. The van der Waals surface area contributed by atoms with E-state index in [0.717, 1.165) is 23.8 Å². The van der Waals surface area contributed by atoms with Crippen LogP contribution in [-0.4, -0.2) is 12.2 Å². The van der Waals surface area contributed by atoms with Crippen LogP contribution in [0, 0.1) is 0 Å². The highest BCUT2D eigenvalue weighted by Gasteiger charge is 2.33. The Morgan fingerprint density at radius 2 is 1.85 bits per heavy atom. The zero-order valence-electron chi connectivity index (χ0n) is 14.2. The van der Waals surface area contributed by atoms with E-state index in [-0.39, 0.29) is 21.9 Å². The van der Waals surface area contributed by atoms with E-state index in [2.05, 4.69) is 10.6 Å². The number of hydrogen-bond acceptors (Lipinski definition) is 2. The van der Waals surface area contributed by atoms with Gasteiger partial charge in [-0.3, -0.25) is 0 Å².